The molecule has 0 spiro atoms. The number of nitriles is 1. The standard InChI is InChI=1S/C16H23N3/c1-16(2)12-19(10-8-14(16)7-9-17)15-6-4-3-5-13(15)11-18/h3-6,14H,7-10,12,17H2,1-2H3. The fourth-order valence-electron chi connectivity index (χ4n) is 3.19. The van der Waals surface area contributed by atoms with Crippen LogP contribution in [0.1, 0.15) is 32.3 Å². The van der Waals surface area contributed by atoms with Crippen LogP contribution in [0, 0.1) is 22.7 Å². The van der Waals surface area contributed by atoms with Gasteiger partial charge in [0.15, 0.2) is 0 Å². The summed E-state index contributed by atoms with van der Waals surface area (Å²) in [5, 5.41) is 9.22. The molecular formula is C16H23N3. The lowest BCUT2D eigenvalue weighted by molar-refractivity contribution is 0.167. The Balaban J connectivity index is 2.19. The molecule has 1 aromatic rings. The second kappa shape index (κ2) is 5.63. The van der Waals surface area contributed by atoms with Gasteiger partial charge in [0.2, 0.25) is 0 Å². The van der Waals surface area contributed by atoms with E-state index in [0.717, 1.165) is 43.7 Å². The summed E-state index contributed by atoms with van der Waals surface area (Å²) in [4.78, 5) is 2.35. The molecule has 0 amide bonds. The van der Waals surface area contributed by atoms with Crippen molar-refractivity contribution in [2.45, 2.75) is 26.7 Å². The predicted molar refractivity (Wildman–Crippen MR) is 78.9 cm³/mol. The van der Waals surface area contributed by atoms with E-state index in [9.17, 15) is 5.26 Å². The number of nitrogens with zero attached hydrogens (tertiary/aromatic N) is 2. The van der Waals surface area contributed by atoms with Gasteiger partial charge in [-0.05, 0) is 42.9 Å². The molecule has 1 saturated heterocycles. The molecule has 0 radical (unpaired) electrons. The Morgan fingerprint density at radius 3 is 2.79 bits per heavy atom. The SMILES string of the molecule is CC1(C)CN(c2ccccc2C#N)CCC1CCN. The number of rotatable bonds is 3. The third kappa shape index (κ3) is 2.90. The summed E-state index contributed by atoms with van der Waals surface area (Å²) in [7, 11) is 0. The van der Waals surface area contributed by atoms with Gasteiger partial charge in [-0.1, -0.05) is 26.0 Å². The third-order valence-corrected chi connectivity index (χ3v) is 4.33. The number of para-hydroxylation sites is 1. The lowest BCUT2D eigenvalue weighted by Crippen LogP contribution is -2.46. The van der Waals surface area contributed by atoms with Crippen molar-refractivity contribution in [3.05, 3.63) is 29.8 Å². The molecule has 0 bridgehead atoms. The molecule has 1 aliphatic rings. The zero-order chi connectivity index (χ0) is 13.9. The highest BCUT2D eigenvalue weighted by atomic mass is 15.1. The molecule has 102 valence electrons. The molecule has 3 nitrogen and oxygen atoms in total. The minimum absolute atomic E-state index is 0.250. The van der Waals surface area contributed by atoms with Gasteiger partial charge in [-0.15, -0.1) is 0 Å². The fraction of sp³-hybridized carbons (Fsp3) is 0.562. The first kappa shape index (κ1) is 13.9. The molecular weight excluding hydrogens is 234 g/mol. The number of hydrogen-bond acceptors (Lipinski definition) is 3. The van der Waals surface area contributed by atoms with Gasteiger partial charge in [-0.3, -0.25) is 0 Å². The summed E-state index contributed by atoms with van der Waals surface area (Å²) in [6.45, 7) is 7.41. The molecule has 2 rings (SSSR count). The highest BCUT2D eigenvalue weighted by Crippen LogP contribution is 2.39. The number of anilines is 1. The van der Waals surface area contributed by atoms with Crippen LogP contribution in [-0.2, 0) is 0 Å². The predicted octanol–water partition coefficient (Wildman–Crippen LogP) is 2.76. The molecule has 1 heterocycles. The Hall–Kier alpha value is -1.53. The molecule has 3 heteroatoms. The quantitative estimate of drug-likeness (QED) is 0.906. The maximum atomic E-state index is 9.22. The minimum Gasteiger partial charge on any atom is -0.370 e. The molecule has 2 N–H and O–H groups in total. The van der Waals surface area contributed by atoms with Crippen molar-refractivity contribution in [1.82, 2.24) is 0 Å². The van der Waals surface area contributed by atoms with Crippen LogP contribution in [0.3, 0.4) is 0 Å². The number of nitrogens with two attached hydrogens (primary N) is 1. The first-order chi connectivity index (χ1) is 9.08. The van der Waals surface area contributed by atoms with Gasteiger partial charge < -0.3 is 10.6 Å². The summed E-state index contributed by atoms with van der Waals surface area (Å²) >= 11 is 0. The number of benzene rings is 1. The molecule has 1 aliphatic heterocycles. The Kier molecular flexibility index (Phi) is 4.11. The second-order valence-electron chi connectivity index (χ2n) is 6.10. The maximum Gasteiger partial charge on any atom is 0.101 e. The summed E-state index contributed by atoms with van der Waals surface area (Å²) in [5.41, 5.74) is 7.81. The lowest BCUT2D eigenvalue weighted by atomic mass is 9.72. The van der Waals surface area contributed by atoms with Gasteiger partial charge in [0.05, 0.1) is 11.3 Å². The van der Waals surface area contributed by atoms with E-state index in [4.69, 9.17) is 5.73 Å². The van der Waals surface area contributed by atoms with E-state index in [0.29, 0.717) is 5.92 Å². The van der Waals surface area contributed by atoms with Crippen molar-refractivity contribution in [3.63, 3.8) is 0 Å². The largest absolute Gasteiger partial charge is 0.370 e. The molecule has 1 aromatic carbocycles. The van der Waals surface area contributed by atoms with Gasteiger partial charge in [0.1, 0.15) is 6.07 Å². The average molecular weight is 257 g/mol. The Morgan fingerprint density at radius 2 is 2.16 bits per heavy atom. The molecule has 0 aliphatic carbocycles. The summed E-state index contributed by atoms with van der Waals surface area (Å²) in [5.74, 6) is 0.683. The number of piperidine rings is 1. The van der Waals surface area contributed by atoms with Crippen LogP contribution in [-0.4, -0.2) is 19.6 Å². The van der Waals surface area contributed by atoms with Crippen molar-refractivity contribution >= 4 is 5.69 Å². The zero-order valence-electron chi connectivity index (χ0n) is 11.9. The van der Waals surface area contributed by atoms with E-state index in [1.807, 2.05) is 18.2 Å². The van der Waals surface area contributed by atoms with Crippen LogP contribution in [0.5, 0.6) is 0 Å². The molecule has 0 saturated carbocycles. The van der Waals surface area contributed by atoms with E-state index in [1.165, 1.54) is 0 Å². The van der Waals surface area contributed by atoms with Gasteiger partial charge in [-0.2, -0.15) is 5.26 Å². The van der Waals surface area contributed by atoms with Gasteiger partial charge in [0.25, 0.3) is 0 Å². The van der Waals surface area contributed by atoms with Crippen molar-refractivity contribution < 1.29 is 0 Å². The van der Waals surface area contributed by atoms with Crippen LogP contribution in [0.2, 0.25) is 0 Å². The van der Waals surface area contributed by atoms with E-state index in [-0.39, 0.29) is 5.41 Å². The number of hydrogen-bond donors (Lipinski definition) is 1. The Labute approximate surface area is 116 Å². The van der Waals surface area contributed by atoms with Crippen LogP contribution >= 0.6 is 0 Å². The smallest absolute Gasteiger partial charge is 0.101 e. The van der Waals surface area contributed by atoms with E-state index >= 15 is 0 Å². The third-order valence-electron chi connectivity index (χ3n) is 4.33. The molecule has 19 heavy (non-hydrogen) atoms. The monoisotopic (exact) mass is 257 g/mol. The van der Waals surface area contributed by atoms with Crippen LogP contribution in [0.25, 0.3) is 0 Å². The van der Waals surface area contributed by atoms with E-state index in [1.54, 1.807) is 0 Å². The first-order valence-electron chi connectivity index (χ1n) is 7.02. The summed E-state index contributed by atoms with van der Waals surface area (Å²) in [6, 6.07) is 10.2. The Morgan fingerprint density at radius 1 is 1.42 bits per heavy atom. The average Bonchev–Trinajstić information content (AvgIpc) is 2.41. The maximum absolute atomic E-state index is 9.22. The van der Waals surface area contributed by atoms with Gasteiger partial charge in [0, 0.05) is 13.1 Å². The first-order valence-corrected chi connectivity index (χ1v) is 7.02. The fourth-order valence-corrected chi connectivity index (χ4v) is 3.19. The van der Waals surface area contributed by atoms with E-state index in [2.05, 4.69) is 30.9 Å². The molecule has 1 atom stereocenters. The van der Waals surface area contributed by atoms with Crippen molar-refractivity contribution in [3.8, 4) is 6.07 Å². The summed E-state index contributed by atoms with van der Waals surface area (Å²) in [6.07, 6.45) is 2.25. The van der Waals surface area contributed by atoms with E-state index < -0.39 is 0 Å². The second-order valence-corrected chi connectivity index (χ2v) is 6.10. The molecule has 1 fully saturated rings. The highest BCUT2D eigenvalue weighted by Gasteiger charge is 2.35. The molecule has 1 unspecified atom stereocenters. The summed E-state index contributed by atoms with van der Waals surface area (Å²) < 4.78 is 0. The topological polar surface area (TPSA) is 53.0 Å². The Bertz CT molecular complexity index is 473. The van der Waals surface area contributed by atoms with Crippen LogP contribution in [0.4, 0.5) is 5.69 Å². The van der Waals surface area contributed by atoms with Gasteiger partial charge >= 0.3 is 0 Å². The lowest BCUT2D eigenvalue weighted by Gasteiger charge is -2.45. The zero-order valence-corrected chi connectivity index (χ0v) is 11.9. The van der Waals surface area contributed by atoms with Crippen LogP contribution < -0.4 is 10.6 Å². The van der Waals surface area contributed by atoms with Crippen molar-refractivity contribution in [2.24, 2.45) is 17.1 Å². The molecule has 0 aromatic heterocycles. The van der Waals surface area contributed by atoms with Crippen molar-refractivity contribution in [2.75, 3.05) is 24.5 Å². The minimum atomic E-state index is 0.250. The normalized spacial score (nSPS) is 22.0. The van der Waals surface area contributed by atoms with Crippen molar-refractivity contribution in [1.29, 1.82) is 5.26 Å². The van der Waals surface area contributed by atoms with Crippen LogP contribution in [0.15, 0.2) is 24.3 Å². The highest BCUT2D eigenvalue weighted by molar-refractivity contribution is 5.59. The van der Waals surface area contributed by atoms with Gasteiger partial charge in [-0.25, -0.2) is 0 Å².